The van der Waals surface area contributed by atoms with Gasteiger partial charge >= 0.3 is 6.97 Å². The third-order valence-electron chi connectivity index (χ3n) is 5.70. The summed E-state index contributed by atoms with van der Waals surface area (Å²) in [4.78, 5) is 0. The van der Waals surface area contributed by atoms with Gasteiger partial charge in [-0.3, -0.25) is 0 Å². The summed E-state index contributed by atoms with van der Waals surface area (Å²) in [6.07, 6.45) is 8.89. The van der Waals surface area contributed by atoms with E-state index in [1.807, 2.05) is 45.0 Å². The zero-order valence-electron chi connectivity index (χ0n) is 18.6. The van der Waals surface area contributed by atoms with E-state index in [-0.39, 0.29) is 0 Å². The Balaban J connectivity index is 1.80. The molecule has 3 heterocycles. The highest BCUT2D eigenvalue weighted by Gasteiger charge is 2.52. The fraction of sp³-hybridized carbons (Fsp3) is 0.292. The van der Waals surface area contributed by atoms with Crippen LogP contribution in [0.5, 0.6) is 11.5 Å². The van der Waals surface area contributed by atoms with Crippen molar-refractivity contribution >= 4 is 30.9 Å². The molecule has 0 bridgehead atoms. The Morgan fingerprint density at radius 3 is 2.62 bits per heavy atom. The van der Waals surface area contributed by atoms with Crippen molar-refractivity contribution in [1.29, 1.82) is 0 Å². The molecule has 4 rings (SSSR count). The second-order valence-electron chi connectivity index (χ2n) is 7.78. The maximum Gasteiger partial charge on any atom is 0.737 e. The molecule has 0 saturated carbocycles. The molecule has 32 heavy (non-hydrogen) atoms. The molecule has 0 spiro atoms. The monoisotopic (exact) mass is 439 g/mol. The normalized spacial score (nSPS) is 16.4. The van der Waals surface area contributed by atoms with Gasteiger partial charge in [-0.2, -0.15) is 0 Å². The minimum absolute atomic E-state index is 0.388. The van der Waals surface area contributed by atoms with Crippen LogP contribution in [0.2, 0.25) is 0 Å². The summed E-state index contributed by atoms with van der Waals surface area (Å²) in [6.45, 7) is 3.09. The van der Waals surface area contributed by atoms with Crippen LogP contribution in [0.15, 0.2) is 42.1 Å². The predicted molar refractivity (Wildman–Crippen MR) is 126 cm³/mol. The minimum atomic E-state index is -4.03. The summed E-state index contributed by atoms with van der Waals surface area (Å²) in [6, 6.07) is 7.35. The number of nitrogens with two attached hydrogens (primary N) is 1. The van der Waals surface area contributed by atoms with Gasteiger partial charge in [0.1, 0.15) is 17.7 Å². The van der Waals surface area contributed by atoms with Gasteiger partial charge in [0.2, 0.25) is 0 Å². The summed E-state index contributed by atoms with van der Waals surface area (Å²) >= 11 is 0. The number of aryl methyl sites for hydroxylation is 1. The number of nitrogens with zero attached hydrogens (tertiary/aromatic N) is 2. The topological polar surface area (TPSA) is 52.4 Å². The molecule has 0 atom stereocenters. The summed E-state index contributed by atoms with van der Waals surface area (Å²) in [5.41, 5.74) is 9.80. The number of allylic oxidation sites excluding steroid dienone is 2. The highest BCUT2D eigenvalue weighted by atomic mass is 19.2. The van der Waals surface area contributed by atoms with E-state index in [2.05, 4.69) is 0 Å². The highest BCUT2D eigenvalue weighted by Crippen LogP contribution is 2.40. The maximum absolute atomic E-state index is 15.6. The third-order valence-corrected chi connectivity index (χ3v) is 5.70. The number of benzene rings is 1. The van der Waals surface area contributed by atoms with Crippen LogP contribution in [0.25, 0.3) is 17.7 Å². The van der Waals surface area contributed by atoms with E-state index in [1.165, 1.54) is 10.7 Å². The van der Waals surface area contributed by atoms with Crippen LogP contribution in [0.4, 0.5) is 8.63 Å². The van der Waals surface area contributed by atoms with E-state index in [0.29, 0.717) is 54.8 Å². The Labute approximate surface area is 187 Å². The van der Waals surface area contributed by atoms with Crippen LogP contribution in [0, 0.1) is 6.92 Å². The number of ether oxygens (including phenoxy) is 2. The lowest BCUT2D eigenvalue weighted by atomic mass is 9.86. The van der Waals surface area contributed by atoms with Gasteiger partial charge in [0, 0.05) is 40.7 Å². The smallest absolute Gasteiger partial charge is 0.494 e. The van der Waals surface area contributed by atoms with Crippen LogP contribution in [0.3, 0.4) is 0 Å². The van der Waals surface area contributed by atoms with E-state index in [4.69, 9.17) is 15.2 Å². The number of rotatable bonds is 8. The van der Waals surface area contributed by atoms with E-state index in [1.54, 1.807) is 24.3 Å². The molecule has 0 saturated heterocycles. The predicted octanol–water partition coefficient (Wildman–Crippen LogP) is 4.71. The molecule has 1 aromatic carbocycles. The Morgan fingerprint density at radius 2 is 1.91 bits per heavy atom. The number of hydrogen-bond donors (Lipinski definition) is 1. The van der Waals surface area contributed by atoms with Crippen LogP contribution in [0.1, 0.15) is 42.8 Å². The summed E-state index contributed by atoms with van der Waals surface area (Å²) < 4.78 is 44.8. The SMILES string of the molecule is CCOc1ccc(/C=C/c2cc(C)c3n2[B-](F)(F)[N+]2=CC=CC2=C3CCN)c(OCC)c1. The van der Waals surface area contributed by atoms with Crippen molar-refractivity contribution in [3.05, 3.63) is 64.6 Å². The molecule has 168 valence electrons. The number of fused-ring (bicyclic) bond motifs is 2. The molecular formula is C24H28BF2N3O2. The van der Waals surface area contributed by atoms with Crippen molar-refractivity contribution in [3.8, 4) is 11.5 Å². The lowest BCUT2D eigenvalue weighted by molar-refractivity contribution is -0.356. The third kappa shape index (κ3) is 3.69. The van der Waals surface area contributed by atoms with Crippen molar-refractivity contribution in [2.24, 2.45) is 5.73 Å². The van der Waals surface area contributed by atoms with Gasteiger partial charge in [-0.25, -0.2) is 0 Å². The molecular weight excluding hydrogens is 411 g/mol. The van der Waals surface area contributed by atoms with Crippen molar-refractivity contribution in [2.75, 3.05) is 19.8 Å². The molecule has 8 heteroatoms. The van der Waals surface area contributed by atoms with E-state index in [0.717, 1.165) is 21.2 Å². The second kappa shape index (κ2) is 8.78. The van der Waals surface area contributed by atoms with Gasteiger partial charge in [0.15, 0.2) is 5.70 Å². The molecule has 2 aliphatic rings. The molecule has 0 amide bonds. The Kier molecular flexibility index (Phi) is 6.06. The molecule has 2 N–H and O–H groups in total. The summed E-state index contributed by atoms with van der Waals surface area (Å²) in [5, 5.41) is 0. The maximum atomic E-state index is 15.6. The van der Waals surface area contributed by atoms with Crippen LogP contribution >= 0.6 is 0 Å². The molecule has 1 aromatic heterocycles. The minimum Gasteiger partial charge on any atom is -0.494 e. The summed E-state index contributed by atoms with van der Waals surface area (Å²) in [7, 11) is 0. The first-order valence-corrected chi connectivity index (χ1v) is 11.0. The van der Waals surface area contributed by atoms with Crippen molar-refractivity contribution in [3.63, 3.8) is 0 Å². The zero-order chi connectivity index (χ0) is 22.9. The lowest BCUT2D eigenvalue weighted by Crippen LogP contribution is -2.50. The van der Waals surface area contributed by atoms with Gasteiger partial charge in [0.05, 0.1) is 13.2 Å². The average molecular weight is 439 g/mol. The largest absolute Gasteiger partial charge is 0.737 e. The fourth-order valence-electron chi connectivity index (χ4n) is 4.45. The first kappa shape index (κ1) is 22.1. The van der Waals surface area contributed by atoms with Crippen molar-refractivity contribution < 1.29 is 22.6 Å². The van der Waals surface area contributed by atoms with E-state index >= 15 is 8.63 Å². The van der Waals surface area contributed by atoms with Crippen LogP contribution in [-0.4, -0.2) is 41.9 Å². The molecule has 0 radical (unpaired) electrons. The van der Waals surface area contributed by atoms with Gasteiger partial charge < -0.3 is 32.8 Å². The van der Waals surface area contributed by atoms with Gasteiger partial charge in [-0.15, -0.1) is 0 Å². The first-order chi connectivity index (χ1) is 15.4. The fourth-order valence-corrected chi connectivity index (χ4v) is 4.45. The molecule has 5 nitrogen and oxygen atoms in total. The van der Waals surface area contributed by atoms with Gasteiger partial charge in [-0.1, -0.05) is 0 Å². The highest BCUT2D eigenvalue weighted by molar-refractivity contribution is 6.58. The number of aromatic nitrogens is 1. The molecule has 2 aliphatic heterocycles. The molecule has 0 fully saturated rings. The first-order valence-electron chi connectivity index (χ1n) is 11.0. The Hall–Kier alpha value is -3.13. The molecule has 0 unspecified atom stereocenters. The Bertz CT molecular complexity index is 1160. The van der Waals surface area contributed by atoms with Crippen molar-refractivity contribution in [1.82, 2.24) is 4.48 Å². The quantitative estimate of drug-likeness (QED) is 0.606. The standard InChI is InChI=1S/C24H28BF2N3O2/c1-4-31-20-11-9-18(23(16-20)32-5-2)8-10-19-15-17(3)24-21(12-13-28)22-7-6-14-29(22)25(26,27)30(19)24/h6-11,14-16H,4-5,12-13,28H2,1-3H3/b10-8+. The number of hydrogen-bond acceptors (Lipinski definition) is 3. The van der Waals surface area contributed by atoms with Gasteiger partial charge in [-0.05, 0) is 69.7 Å². The Morgan fingerprint density at radius 1 is 1.12 bits per heavy atom. The average Bonchev–Trinajstić information content (AvgIpc) is 3.37. The summed E-state index contributed by atoms with van der Waals surface area (Å²) in [5.74, 6) is 1.36. The van der Waals surface area contributed by atoms with Crippen molar-refractivity contribution in [2.45, 2.75) is 27.2 Å². The van der Waals surface area contributed by atoms with Gasteiger partial charge in [0.25, 0.3) is 0 Å². The lowest BCUT2D eigenvalue weighted by Gasteiger charge is -2.32. The second-order valence-corrected chi connectivity index (χ2v) is 7.78. The van der Waals surface area contributed by atoms with Crippen LogP contribution < -0.4 is 15.2 Å². The molecule has 2 aromatic rings. The number of halogens is 2. The zero-order valence-corrected chi connectivity index (χ0v) is 18.6. The van der Waals surface area contributed by atoms with E-state index in [9.17, 15) is 0 Å². The van der Waals surface area contributed by atoms with E-state index < -0.39 is 6.97 Å². The molecule has 0 aliphatic carbocycles. The van der Waals surface area contributed by atoms with Crippen LogP contribution in [-0.2, 0) is 0 Å².